The van der Waals surface area contributed by atoms with E-state index < -0.39 is 0 Å². The minimum atomic E-state index is -0.283. The molecule has 0 radical (unpaired) electrons. The topological polar surface area (TPSA) is 92.7 Å². The number of fused-ring (bicyclic) bond motifs is 2. The van der Waals surface area contributed by atoms with E-state index in [4.69, 9.17) is 0 Å². The Bertz CT molecular complexity index is 1510. The number of nitrogens with zero attached hydrogens (tertiary/aromatic N) is 3. The summed E-state index contributed by atoms with van der Waals surface area (Å²) in [7, 11) is 1.65. The Labute approximate surface area is 179 Å². The molecule has 0 aliphatic rings. The first-order valence-corrected chi connectivity index (χ1v) is 10.9. The van der Waals surface area contributed by atoms with Gasteiger partial charge in [0, 0.05) is 34.6 Å². The highest BCUT2D eigenvalue weighted by Gasteiger charge is 2.20. The Hall–Kier alpha value is -3.30. The summed E-state index contributed by atoms with van der Waals surface area (Å²) < 4.78 is 1.42. The van der Waals surface area contributed by atoms with Crippen LogP contribution in [-0.2, 0) is 7.05 Å². The lowest BCUT2D eigenvalue weighted by atomic mass is 10.1. The normalized spacial score (nSPS) is 11.4. The third-order valence-corrected chi connectivity index (χ3v) is 7.05. The number of anilines is 1. The maximum atomic E-state index is 12.9. The van der Waals surface area contributed by atoms with Crippen LogP contribution in [0.1, 0.15) is 20.9 Å². The molecule has 0 saturated heterocycles. The van der Waals surface area contributed by atoms with Gasteiger partial charge in [-0.15, -0.1) is 22.7 Å². The van der Waals surface area contributed by atoms with Crippen LogP contribution in [0.2, 0.25) is 0 Å². The summed E-state index contributed by atoms with van der Waals surface area (Å²) in [6, 6.07) is 8.07. The van der Waals surface area contributed by atoms with Gasteiger partial charge >= 0.3 is 0 Å². The largest absolute Gasteiger partial charge is 0.358 e. The van der Waals surface area contributed by atoms with E-state index in [1.54, 1.807) is 14.0 Å². The maximum Gasteiger partial charge on any atom is 0.267 e. The number of thiazole rings is 1. The first kappa shape index (κ1) is 18.7. The van der Waals surface area contributed by atoms with Crippen LogP contribution in [0.15, 0.2) is 40.8 Å². The Morgan fingerprint density at radius 1 is 1.23 bits per heavy atom. The van der Waals surface area contributed by atoms with Gasteiger partial charge in [-0.2, -0.15) is 0 Å². The number of carbonyl (C=O) groups excluding carboxylic acids is 1. The molecule has 0 saturated carbocycles. The van der Waals surface area contributed by atoms with Gasteiger partial charge in [-0.3, -0.25) is 14.9 Å². The smallest absolute Gasteiger partial charge is 0.267 e. The fraction of sp³-hybridized carbons (Fsp3) is 0.143. The molecule has 0 aliphatic heterocycles. The monoisotopic (exact) mass is 435 g/mol. The minimum absolute atomic E-state index is 0.154. The van der Waals surface area contributed by atoms with Crippen molar-refractivity contribution in [3.05, 3.63) is 62.5 Å². The summed E-state index contributed by atoms with van der Waals surface area (Å²) in [6.07, 6.45) is 1.47. The third-order valence-electron chi connectivity index (χ3n) is 5.09. The summed E-state index contributed by atoms with van der Waals surface area (Å²) in [6.45, 7) is 3.79. The van der Waals surface area contributed by atoms with Crippen molar-refractivity contribution in [2.75, 3.05) is 5.32 Å². The minimum Gasteiger partial charge on any atom is -0.358 e. The molecule has 7 nitrogen and oxygen atoms in total. The summed E-state index contributed by atoms with van der Waals surface area (Å²) in [5.74, 6) is -0.283. The van der Waals surface area contributed by atoms with E-state index in [-0.39, 0.29) is 11.5 Å². The summed E-state index contributed by atoms with van der Waals surface area (Å²) in [5.41, 5.74) is 4.42. The molecule has 4 aromatic heterocycles. The van der Waals surface area contributed by atoms with Gasteiger partial charge in [-0.1, -0.05) is 18.2 Å². The Morgan fingerprint density at radius 2 is 2.03 bits per heavy atom. The van der Waals surface area contributed by atoms with E-state index >= 15 is 0 Å². The van der Waals surface area contributed by atoms with Crippen LogP contribution >= 0.6 is 22.7 Å². The molecule has 1 amide bonds. The second kappa shape index (κ2) is 6.89. The van der Waals surface area contributed by atoms with E-state index in [2.05, 4.69) is 26.3 Å². The fourth-order valence-electron chi connectivity index (χ4n) is 3.63. The number of H-pyrrole nitrogens is 1. The molecular weight excluding hydrogens is 418 g/mol. The van der Waals surface area contributed by atoms with Crippen LogP contribution in [0, 0.1) is 13.8 Å². The van der Waals surface area contributed by atoms with Crippen LogP contribution in [0.5, 0.6) is 0 Å². The van der Waals surface area contributed by atoms with Gasteiger partial charge in [-0.25, -0.2) is 9.97 Å². The van der Waals surface area contributed by atoms with Crippen molar-refractivity contribution in [3.8, 4) is 11.3 Å². The molecule has 4 heterocycles. The number of nitrogens with one attached hydrogen (secondary N) is 2. The van der Waals surface area contributed by atoms with Crippen molar-refractivity contribution in [2.24, 2.45) is 7.05 Å². The number of carbonyl (C=O) groups is 1. The summed E-state index contributed by atoms with van der Waals surface area (Å²) in [4.78, 5) is 38.6. The van der Waals surface area contributed by atoms with Gasteiger partial charge in [0.2, 0.25) is 0 Å². The molecule has 150 valence electrons. The lowest BCUT2D eigenvalue weighted by Crippen LogP contribution is -2.17. The molecule has 5 aromatic rings. The van der Waals surface area contributed by atoms with Crippen LogP contribution in [0.25, 0.3) is 32.4 Å². The van der Waals surface area contributed by atoms with E-state index in [1.165, 1.54) is 33.6 Å². The van der Waals surface area contributed by atoms with Gasteiger partial charge in [0.1, 0.15) is 4.83 Å². The van der Waals surface area contributed by atoms with Crippen molar-refractivity contribution in [1.82, 2.24) is 19.5 Å². The standard InChI is InChI=1S/C21H17N5O2S2/c1-10-15-19(22-9-26(3)20(15)28)30-17(10)18(27)25-21-24-14(8-29-21)16-11(2)23-13-7-5-4-6-12(13)16/h4-9,23H,1-3H3,(H,24,25,27). The van der Waals surface area contributed by atoms with Crippen LogP contribution < -0.4 is 10.9 Å². The van der Waals surface area contributed by atoms with Crippen LogP contribution in [-0.4, -0.2) is 25.4 Å². The molecule has 1 aromatic carbocycles. The second-order valence-corrected chi connectivity index (χ2v) is 8.92. The quantitative estimate of drug-likeness (QED) is 0.437. The predicted molar refractivity (Wildman–Crippen MR) is 122 cm³/mol. The lowest BCUT2D eigenvalue weighted by Gasteiger charge is -2.01. The molecule has 0 bridgehead atoms. The van der Waals surface area contributed by atoms with Crippen molar-refractivity contribution in [3.63, 3.8) is 0 Å². The van der Waals surface area contributed by atoms with Crippen molar-refractivity contribution >= 4 is 54.8 Å². The van der Waals surface area contributed by atoms with Crippen LogP contribution in [0.3, 0.4) is 0 Å². The number of aromatic nitrogens is 4. The third kappa shape index (κ3) is 2.86. The zero-order valence-corrected chi connectivity index (χ0v) is 18.1. The van der Waals surface area contributed by atoms with Crippen molar-refractivity contribution in [1.29, 1.82) is 0 Å². The predicted octanol–water partition coefficient (Wildman–Crippen LogP) is 4.47. The molecule has 2 N–H and O–H groups in total. The van der Waals surface area contributed by atoms with E-state index in [1.807, 2.05) is 30.5 Å². The number of rotatable bonds is 3. The molecule has 30 heavy (non-hydrogen) atoms. The number of benzene rings is 1. The zero-order chi connectivity index (χ0) is 21.0. The van der Waals surface area contributed by atoms with Crippen LogP contribution in [0.4, 0.5) is 5.13 Å². The summed E-state index contributed by atoms with van der Waals surface area (Å²) in [5, 5.41) is 6.91. The van der Waals surface area contributed by atoms with Gasteiger partial charge in [0.15, 0.2) is 5.13 Å². The number of amides is 1. The number of thiophene rings is 1. The molecule has 9 heteroatoms. The SMILES string of the molecule is Cc1[nH]c2ccccc2c1-c1csc(NC(=O)c2sc3ncn(C)c(=O)c3c2C)n1. The lowest BCUT2D eigenvalue weighted by molar-refractivity contribution is 0.103. The molecule has 0 unspecified atom stereocenters. The summed E-state index contributed by atoms with van der Waals surface area (Å²) >= 11 is 2.59. The first-order chi connectivity index (χ1) is 14.4. The zero-order valence-electron chi connectivity index (χ0n) is 16.4. The highest BCUT2D eigenvalue weighted by molar-refractivity contribution is 7.21. The Balaban J connectivity index is 1.49. The average molecular weight is 436 g/mol. The molecule has 5 rings (SSSR count). The Morgan fingerprint density at radius 3 is 2.87 bits per heavy atom. The van der Waals surface area contributed by atoms with Gasteiger partial charge in [-0.05, 0) is 25.5 Å². The highest BCUT2D eigenvalue weighted by atomic mass is 32.1. The number of aromatic amines is 1. The maximum absolute atomic E-state index is 12.9. The average Bonchev–Trinajstić information content (AvgIpc) is 3.39. The fourth-order valence-corrected chi connectivity index (χ4v) is 5.36. The molecule has 0 aliphatic carbocycles. The highest BCUT2D eigenvalue weighted by Crippen LogP contribution is 2.34. The molecule has 0 spiro atoms. The van der Waals surface area contributed by atoms with E-state index in [0.717, 1.165) is 27.9 Å². The number of hydrogen-bond acceptors (Lipinski definition) is 6. The van der Waals surface area contributed by atoms with Gasteiger partial charge in [0.25, 0.3) is 11.5 Å². The number of para-hydroxylation sites is 1. The van der Waals surface area contributed by atoms with Gasteiger partial charge in [0.05, 0.1) is 22.3 Å². The molecular formula is C21H17N5O2S2. The number of hydrogen-bond donors (Lipinski definition) is 2. The Kier molecular flexibility index (Phi) is 4.30. The number of aryl methyl sites for hydroxylation is 3. The first-order valence-electron chi connectivity index (χ1n) is 9.23. The van der Waals surface area contributed by atoms with E-state index in [9.17, 15) is 9.59 Å². The molecule has 0 atom stereocenters. The second-order valence-electron chi connectivity index (χ2n) is 7.06. The van der Waals surface area contributed by atoms with E-state index in [0.29, 0.717) is 25.8 Å². The van der Waals surface area contributed by atoms with Crippen molar-refractivity contribution < 1.29 is 4.79 Å². The molecule has 0 fully saturated rings. The van der Waals surface area contributed by atoms with Gasteiger partial charge < -0.3 is 9.55 Å². The van der Waals surface area contributed by atoms with Crippen molar-refractivity contribution in [2.45, 2.75) is 13.8 Å².